The minimum atomic E-state index is -1.08. The predicted molar refractivity (Wildman–Crippen MR) is 97.3 cm³/mol. The predicted octanol–water partition coefficient (Wildman–Crippen LogP) is 1.96. The van der Waals surface area contributed by atoms with Crippen LogP contribution in [0, 0.1) is 0 Å². The first kappa shape index (κ1) is 28.7. The molecule has 5 nitrogen and oxygen atoms in total. The third-order valence-electron chi connectivity index (χ3n) is 3.44. The number of hydrogen-bond acceptors (Lipinski definition) is 4. The molecule has 3 N–H and O–H groups in total. The molecule has 0 aliphatic heterocycles. The van der Waals surface area contributed by atoms with Gasteiger partial charge in [-0.25, -0.2) is 0 Å². The molecule has 7 heteroatoms. The van der Waals surface area contributed by atoms with Gasteiger partial charge in [-0.05, 0) is 6.42 Å². The van der Waals surface area contributed by atoms with Crippen LogP contribution in [0.2, 0.25) is 0 Å². The number of aliphatic carboxylic acids is 1. The third-order valence-corrected chi connectivity index (χ3v) is 3.44. The molecule has 0 saturated carbocycles. The molecule has 0 amide bonds. The van der Waals surface area contributed by atoms with Gasteiger partial charge >= 0.3 is 71.1 Å². The summed E-state index contributed by atoms with van der Waals surface area (Å²) in [4.78, 5) is 21.7. The van der Waals surface area contributed by atoms with Crippen molar-refractivity contribution >= 4 is 71.1 Å². The van der Waals surface area contributed by atoms with Crippen LogP contribution in [0.1, 0.15) is 77.6 Å². The minimum absolute atomic E-state index is 0. The molecule has 1 atom stereocenters. The Morgan fingerprint density at radius 2 is 1.35 bits per heavy atom. The van der Waals surface area contributed by atoms with Gasteiger partial charge in [0.15, 0.2) is 0 Å². The molecule has 0 fully saturated rings. The number of nitrogens with two attached hydrogens (primary N) is 1. The summed E-state index contributed by atoms with van der Waals surface area (Å²) in [6.45, 7) is 2.56. The first-order valence-corrected chi connectivity index (χ1v) is 8.22. The van der Waals surface area contributed by atoms with Gasteiger partial charge in [-0.1, -0.05) is 64.7 Å². The second-order valence-electron chi connectivity index (χ2n) is 5.55. The Hall–Kier alpha value is 0.900. The first-order chi connectivity index (χ1) is 10.1. The number of ether oxygens (including phenoxy) is 1. The topological polar surface area (TPSA) is 89.6 Å². The Kier molecular flexibility index (Phi) is 26.1. The Morgan fingerprint density at radius 3 is 1.78 bits per heavy atom. The average Bonchev–Trinajstić information content (AvgIpc) is 2.43. The molecule has 0 bridgehead atoms. The number of carboxylic acids is 1. The van der Waals surface area contributed by atoms with Gasteiger partial charge < -0.3 is 15.6 Å². The maximum absolute atomic E-state index is 11.3. The van der Waals surface area contributed by atoms with E-state index in [1.165, 1.54) is 44.9 Å². The molecule has 0 aromatic carbocycles. The normalized spacial score (nSPS) is 11.0. The molecule has 0 radical (unpaired) electrons. The molecule has 0 spiro atoms. The third kappa shape index (κ3) is 20.9. The van der Waals surface area contributed by atoms with E-state index in [0.29, 0.717) is 6.61 Å². The van der Waals surface area contributed by atoms with Gasteiger partial charge in [0.25, 0.3) is 0 Å². The van der Waals surface area contributed by atoms with E-state index in [0.717, 1.165) is 19.3 Å². The van der Waals surface area contributed by atoms with Crippen LogP contribution >= 0.6 is 0 Å². The first-order valence-electron chi connectivity index (χ1n) is 8.22. The van der Waals surface area contributed by atoms with Crippen LogP contribution in [0.4, 0.5) is 0 Å². The number of unbranched alkanes of at least 4 members (excludes halogenated alkanes) is 9. The zero-order valence-corrected chi connectivity index (χ0v) is 13.3. The van der Waals surface area contributed by atoms with E-state index in [9.17, 15) is 9.59 Å². The number of carbonyl (C=O) groups is 2. The molecule has 128 valence electrons. The summed E-state index contributed by atoms with van der Waals surface area (Å²) in [5.41, 5.74) is 5.39. The van der Waals surface area contributed by atoms with Crippen LogP contribution in [-0.2, 0) is 14.3 Å². The molecule has 0 aliphatic rings. The Labute approximate surface area is 185 Å². The molecule has 0 aromatic rings. The van der Waals surface area contributed by atoms with E-state index in [-0.39, 0.29) is 65.5 Å². The van der Waals surface area contributed by atoms with Crippen LogP contribution in [0.25, 0.3) is 0 Å². The van der Waals surface area contributed by atoms with Crippen molar-refractivity contribution in [2.24, 2.45) is 5.73 Å². The van der Waals surface area contributed by atoms with Crippen molar-refractivity contribution in [2.75, 3.05) is 6.61 Å². The van der Waals surface area contributed by atoms with Crippen LogP contribution in [-0.4, -0.2) is 88.8 Å². The van der Waals surface area contributed by atoms with Gasteiger partial charge in [-0.2, -0.15) is 0 Å². The van der Waals surface area contributed by atoms with Gasteiger partial charge in [0.05, 0.1) is 13.0 Å². The van der Waals surface area contributed by atoms with E-state index in [1.807, 2.05) is 0 Å². The number of hydrogen-bond donors (Lipinski definition) is 2. The van der Waals surface area contributed by atoms with Gasteiger partial charge in [0.2, 0.25) is 0 Å². The average molecular weight is 349 g/mol. The molecule has 0 rings (SSSR count). The standard InChI is InChI=1S/C16H31NO4.2Na.2H/c1-2-3-4-5-6-7-8-9-10-11-12-21-16(20)14(17)13-15(18)19;;;;/h14H,2-13,17H2,1H3,(H,18,19);;;;. The van der Waals surface area contributed by atoms with Gasteiger partial charge in [-0.3, -0.25) is 9.59 Å². The van der Waals surface area contributed by atoms with Gasteiger partial charge in [-0.15, -0.1) is 0 Å². The van der Waals surface area contributed by atoms with E-state index in [2.05, 4.69) is 6.92 Å². The SMILES string of the molecule is CCCCCCCCCCCCOC(=O)C(N)CC(=O)O.[NaH].[NaH]. The van der Waals surface area contributed by atoms with E-state index in [1.54, 1.807) is 0 Å². The summed E-state index contributed by atoms with van der Waals surface area (Å²) >= 11 is 0. The van der Waals surface area contributed by atoms with Crippen molar-refractivity contribution in [3.8, 4) is 0 Å². The fraction of sp³-hybridized carbons (Fsp3) is 0.875. The Morgan fingerprint density at radius 1 is 0.913 bits per heavy atom. The zero-order chi connectivity index (χ0) is 15.9. The summed E-state index contributed by atoms with van der Waals surface area (Å²) in [7, 11) is 0. The molecule has 23 heavy (non-hydrogen) atoms. The van der Waals surface area contributed by atoms with Crippen LogP contribution < -0.4 is 5.73 Å². The van der Waals surface area contributed by atoms with E-state index < -0.39 is 18.0 Å². The van der Waals surface area contributed by atoms with Crippen molar-refractivity contribution in [2.45, 2.75) is 83.6 Å². The molecule has 0 aromatic heterocycles. The molecule has 0 heterocycles. The summed E-state index contributed by atoms with van der Waals surface area (Å²) in [5, 5.41) is 8.51. The second kappa shape index (κ2) is 20.9. The van der Waals surface area contributed by atoms with Crippen LogP contribution in [0.15, 0.2) is 0 Å². The van der Waals surface area contributed by atoms with Crippen molar-refractivity contribution in [1.29, 1.82) is 0 Å². The molecule has 1 unspecified atom stereocenters. The summed E-state index contributed by atoms with van der Waals surface area (Å²) in [6.07, 6.45) is 11.8. The summed E-state index contributed by atoms with van der Waals surface area (Å²) in [5.74, 6) is -1.70. The summed E-state index contributed by atoms with van der Waals surface area (Å²) < 4.78 is 4.95. The second-order valence-corrected chi connectivity index (χ2v) is 5.55. The number of esters is 1. The molecule has 0 aliphatic carbocycles. The van der Waals surface area contributed by atoms with Crippen LogP contribution in [0.5, 0.6) is 0 Å². The number of carboxylic acid groups (broad SMARTS) is 1. The van der Waals surface area contributed by atoms with Crippen molar-refractivity contribution in [3.05, 3.63) is 0 Å². The fourth-order valence-corrected chi connectivity index (χ4v) is 2.14. The Balaban J connectivity index is -0.00000200. The number of rotatable bonds is 14. The quantitative estimate of drug-likeness (QED) is 0.284. The van der Waals surface area contributed by atoms with Crippen molar-refractivity contribution in [1.82, 2.24) is 0 Å². The van der Waals surface area contributed by atoms with Gasteiger partial charge in [0, 0.05) is 0 Å². The van der Waals surface area contributed by atoms with Crippen molar-refractivity contribution in [3.63, 3.8) is 0 Å². The Bertz CT molecular complexity index is 291. The zero-order valence-electron chi connectivity index (χ0n) is 13.3. The maximum atomic E-state index is 11.3. The monoisotopic (exact) mass is 349 g/mol. The van der Waals surface area contributed by atoms with Crippen LogP contribution in [0.3, 0.4) is 0 Å². The molecular formula is C16H33NNa2O4. The fourth-order valence-electron chi connectivity index (χ4n) is 2.14. The van der Waals surface area contributed by atoms with E-state index in [4.69, 9.17) is 15.6 Å². The summed E-state index contributed by atoms with van der Waals surface area (Å²) in [6, 6.07) is -1.05. The van der Waals surface area contributed by atoms with Gasteiger partial charge in [0.1, 0.15) is 6.04 Å². The van der Waals surface area contributed by atoms with Crippen molar-refractivity contribution < 1.29 is 19.4 Å². The molecular weight excluding hydrogens is 316 g/mol. The van der Waals surface area contributed by atoms with E-state index >= 15 is 0 Å². The molecule has 0 saturated heterocycles. The number of carbonyl (C=O) groups excluding carboxylic acids is 1.